The number of fused-ring (bicyclic) bond motifs is 3. The van der Waals surface area contributed by atoms with E-state index in [1.54, 1.807) is 58.8 Å². The van der Waals surface area contributed by atoms with E-state index >= 15 is 0 Å². The molecule has 6 aromatic rings. The van der Waals surface area contributed by atoms with Crippen molar-refractivity contribution in [3.63, 3.8) is 0 Å². The number of Topliss-reactive ketones (excluding diaryl/α,β-unsaturated/α-hetero) is 1. The number of ether oxygens (including phenoxy) is 1. The van der Waals surface area contributed by atoms with Crippen LogP contribution in [0, 0.1) is 0 Å². The van der Waals surface area contributed by atoms with Crippen molar-refractivity contribution in [2.24, 2.45) is 0 Å². The smallest absolute Gasteiger partial charge is 0.338 e. The van der Waals surface area contributed by atoms with Crippen molar-refractivity contribution in [2.75, 3.05) is 18.1 Å². The third-order valence-electron chi connectivity index (χ3n) is 9.11. The van der Waals surface area contributed by atoms with Gasteiger partial charge in [0.2, 0.25) is 7.59 Å². The molecule has 1 aliphatic heterocycles. The van der Waals surface area contributed by atoms with Crippen LogP contribution in [0.4, 0.5) is 5.69 Å². The summed E-state index contributed by atoms with van der Waals surface area (Å²) in [5, 5.41) is 3.06. The molecule has 0 aliphatic carbocycles. The second kappa shape index (κ2) is 17.9. The van der Waals surface area contributed by atoms with E-state index in [1.807, 2.05) is 37.3 Å². The lowest BCUT2D eigenvalue weighted by atomic mass is 10.1. The molecule has 0 fully saturated rings. The van der Waals surface area contributed by atoms with Crippen LogP contribution in [0.5, 0.6) is 0 Å². The molecule has 7 rings (SSSR count). The molecule has 2 aromatic heterocycles. The zero-order valence-corrected chi connectivity index (χ0v) is 36.6. The van der Waals surface area contributed by atoms with Crippen LogP contribution in [0.15, 0.2) is 101 Å². The van der Waals surface area contributed by atoms with Gasteiger partial charge in [-0.05, 0) is 55.2 Å². The minimum atomic E-state index is -2.00. The van der Waals surface area contributed by atoms with E-state index in [2.05, 4.69) is 44.1 Å². The van der Waals surface area contributed by atoms with Crippen LogP contribution in [-0.2, 0) is 18.9 Å². The number of alkyl halides is 6. The molecule has 4 aromatic carbocycles. The van der Waals surface area contributed by atoms with Crippen molar-refractivity contribution < 1.29 is 14.3 Å². The number of thioether (sulfide) groups is 1. The molecule has 0 amide bonds. The first kappa shape index (κ1) is 42.5. The Balaban J connectivity index is 1.05. The van der Waals surface area contributed by atoms with E-state index in [-0.39, 0.29) is 35.4 Å². The molecular weight excluding hydrogens is 903 g/mol. The molecular formula is C41H31Cl6N5O4S2. The number of esters is 1. The number of hydrogen-bond donors (Lipinski definition) is 0. The Hall–Kier alpha value is -3.65. The predicted molar refractivity (Wildman–Crippen MR) is 237 cm³/mol. The highest BCUT2D eigenvalue weighted by molar-refractivity contribution is 8.09. The van der Waals surface area contributed by atoms with Gasteiger partial charge >= 0.3 is 5.97 Å². The van der Waals surface area contributed by atoms with Gasteiger partial charge in [-0.25, -0.2) is 19.7 Å². The van der Waals surface area contributed by atoms with Crippen LogP contribution < -0.4 is 19.7 Å². The highest BCUT2D eigenvalue weighted by atomic mass is 35.6. The van der Waals surface area contributed by atoms with E-state index in [0.29, 0.717) is 45.4 Å². The third kappa shape index (κ3) is 9.37. The highest BCUT2D eigenvalue weighted by Gasteiger charge is 2.34. The molecule has 0 spiro atoms. The van der Waals surface area contributed by atoms with Crippen LogP contribution >= 0.6 is 92.7 Å². The van der Waals surface area contributed by atoms with Gasteiger partial charge in [0.05, 0.1) is 17.9 Å². The Morgan fingerprint density at radius 3 is 2.12 bits per heavy atom. The number of ketones is 1. The van der Waals surface area contributed by atoms with Gasteiger partial charge in [0, 0.05) is 35.2 Å². The van der Waals surface area contributed by atoms with Gasteiger partial charge in [0.25, 0.3) is 5.56 Å². The summed E-state index contributed by atoms with van der Waals surface area (Å²) >= 11 is 38.9. The first-order valence-electron chi connectivity index (χ1n) is 17.9. The van der Waals surface area contributed by atoms with Gasteiger partial charge in [-0.15, -0.1) is 11.3 Å². The molecule has 17 heteroatoms. The fourth-order valence-electron chi connectivity index (χ4n) is 6.28. The number of carbonyl (C=O) groups is 2. The second-order valence-electron chi connectivity index (χ2n) is 13.0. The lowest BCUT2D eigenvalue weighted by Crippen LogP contribution is -2.34. The highest BCUT2D eigenvalue weighted by Crippen LogP contribution is 2.50. The van der Waals surface area contributed by atoms with Crippen LogP contribution in [0.1, 0.15) is 58.6 Å². The summed E-state index contributed by atoms with van der Waals surface area (Å²) in [5.74, 6) is -1.03. The molecule has 0 radical (unpaired) electrons. The molecule has 0 saturated heterocycles. The maximum Gasteiger partial charge on any atom is 0.338 e. The molecule has 0 saturated carbocycles. The normalized spacial score (nSPS) is 14.3. The van der Waals surface area contributed by atoms with Crippen LogP contribution in [0.2, 0.25) is 0 Å². The minimum Gasteiger partial charge on any atom is -0.462 e. The SMILES string of the molecule is CCn1c(=O)/c(=C2/Sc3c(ccc4ccccc34)N2CCCCCOC(=O)c2ccc(-c3nc(C(Cl)(Cl)Cl)nc(C(Cl)(Cl)Cl)n3)cc2)s/c1=C\C(=O)c1ccccc1. The summed E-state index contributed by atoms with van der Waals surface area (Å²) in [7, 11) is 0. The predicted octanol–water partition coefficient (Wildman–Crippen LogP) is 9.96. The topological polar surface area (TPSA) is 107 Å². The number of thiazole rings is 1. The van der Waals surface area contributed by atoms with E-state index in [4.69, 9.17) is 74.3 Å². The molecule has 9 nitrogen and oxygen atoms in total. The monoisotopic (exact) mass is 931 g/mol. The number of rotatable bonds is 11. The van der Waals surface area contributed by atoms with Crippen LogP contribution in [0.3, 0.4) is 0 Å². The fourth-order valence-corrected chi connectivity index (χ4v) is 9.38. The van der Waals surface area contributed by atoms with Crippen molar-refractivity contribution in [3.8, 4) is 11.4 Å². The maximum atomic E-state index is 14.0. The van der Waals surface area contributed by atoms with Crippen molar-refractivity contribution in [1.29, 1.82) is 0 Å². The molecule has 298 valence electrons. The Labute approximate surface area is 371 Å². The lowest BCUT2D eigenvalue weighted by molar-refractivity contribution is 0.0498. The molecule has 0 unspecified atom stereocenters. The Bertz CT molecular complexity index is 2670. The van der Waals surface area contributed by atoms with Gasteiger partial charge in [0.1, 0.15) is 14.2 Å². The van der Waals surface area contributed by atoms with Crippen molar-refractivity contribution in [2.45, 2.75) is 45.2 Å². The lowest BCUT2D eigenvalue weighted by Gasteiger charge is -2.20. The maximum absolute atomic E-state index is 14.0. The van der Waals surface area contributed by atoms with Crippen molar-refractivity contribution >= 4 is 132 Å². The summed E-state index contributed by atoms with van der Waals surface area (Å²) in [6, 6.07) is 27.8. The van der Waals surface area contributed by atoms with Crippen LogP contribution in [0.25, 0.3) is 33.3 Å². The van der Waals surface area contributed by atoms with Gasteiger partial charge in [0.15, 0.2) is 23.3 Å². The first-order valence-corrected chi connectivity index (χ1v) is 21.8. The molecule has 0 atom stereocenters. The number of nitrogens with zero attached hydrogens (tertiary/aromatic N) is 5. The van der Waals surface area contributed by atoms with Crippen molar-refractivity contribution in [3.05, 3.63) is 133 Å². The summed E-state index contributed by atoms with van der Waals surface area (Å²) in [4.78, 5) is 55.7. The molecule has 0 N–H and O–H groups in total. The average molecular weight is 935 g/mol. The largest absolute Gasteiger partial charge is 0.462 e. The van der Waals surface area contributed by atoms with Gasteiger partial charge in [-0.3, -0.25) is 14.2 Å². The standard InChI is InChI=1S/C41H31Cl6N5O4S2/c1-2-51-31(23-30(53)25-12-5-3-6-13-25)57-33(35(51)54)36-52(29-20-19-24-11-7-8-14-28(24)32(29)58-36)21-9-4-10-22-56-37(55)27-17-15-26(16-18-27)34-48-38(40(42,43)44)50-39(49-34)41(45,46)47/h3,5-8,11-20,23H,2,4,9-10,21-22H2,1H3/b31-23-,36-33-. The number of aromatic nitrogens is 4. The van der Waals surface area contributed by atoms with E-state index in [9.17, 15) is 14.4 Å². The summed E-state index contributed by atoms with van der Waals surface area (Å²) in [6.45, 7) is 3.17. The fraction of sp³-hybridized carbons (Fsp3) is 0.220. The number of halogens is 6. The Morgan fingerprint density at radius 1 is 0.776 bits per heavy atom. The van der Waals surface area contributed by atoms with E-state index in [1.165, 1.54) is 11.3 Å². The number of benzene rings is 4. The third-order valence-corrected chi connectivity index (χ3v) is 12.6. The Morgan fingerprint density at radius 2 is 1.45 bits per heavy atom. The van der Waals surface area contributed by atoms with E-state index in [0.717, 1.165) is 39.2 Å². The zero-order valence-electron chi connectivity index (χ0n) is 30.4. The number of carbonyl (C=O) groups excluding carboxylic acids is 2. The summed E-state index contributed by atoms with van der Waals surface area (Å²) in [5.41, 5.74) is 2.24. The van der Waals surface area contributed by atoms with E-state index < -0.39 is 13.6 Å². The molecule has 1 aliphatic rings. The van der Waals surface area contributed by atoms with Crippen molar-refractivity contribution in [1.82, 2.24) is 19.5 Å². The summed E-state index contributed by atoms with van der Waals surface area (Å²) in [6.07, 6.45) is 3.70. The number of hydrogen-bond acceptors (Lipinski definition) is 10. The van der Waals surface area contributed by atoms with Crippen LogP contribution in [-0.4, -0.2) is 44.4 Å². The molecule has 0 bridgehead atoms. The van der Waals surface area contributed by atoms with Gasteiger partial charge in [-0.2, -0.15) is 0 Å². The number of anilines is 1. The average Bonchev–Trinajstić information content (AvgIpc) is 3.74. The first-order chi connectivity index (χ1) is 27.7. The number of unbranched alkanes of at least 4 members (excludes halogenated alkanes) is 2. The second-order valence-corrected chi connectivity index (χ2v) is 19.6. The molecule has 58 heavy (non-hydrogen) atoms. The van der Waals surface area contributed by atoms with Gasteiger partial charge < -0.3 is 9.64 Å². The molecule has 3 heterocycles. The Kier molecular flexibility index (Phi) is 13.1. The zero-order chi connectivity index (χ0) is 41.2. The summed E-state index contributed by atoms with van der Waals surface area (Å²) < 4.78 is 4.44. The minimum absolute atomic E-state index is 0.0808. The quantitative estimate of drug-likeness (QED) is 0.0543. The van der Waals surface area contributed by atoms with Gasteiger partial charge in [-0.1, -0.05) is 154 Å².